The van der Waals surface area contributed by atoms with Crippen molar-refractivity contribution in [3.05, 3.63) is 35.9 Å². The molecule has 0 N–H and O–H groups in total. The van der Waals surface area contributed by atoms with Crippen LogP contribution >= 0.6 is 0 Å². The number of aromatic nitrogens is 3. The molecule has 1 aromatic heterocycles. The van der Waals surface area contributed by atoms with Crippen molar-refractivity contribution in [2.75, 3.05) is 33.8 Å². The number of methoxy groups -OCH3 is 1. The van der Waals surface area contributed by atoms with E-state index in [1.54, 1.807) is 31.4 Å². The van der Waals surface area contributed by atoms with Crippen LogP contribution in [-0.4, -0.2) is 66.2 Å². The minimum Gasteiger partial charge on any atom is -0.497 e. The molecule has 2 aliphatic rings. The lowest BCUT2D eigenvalue weighted by Crippen LogP contribution is -2.39. The Morgan fingerprint density at radius 3 is 2.59 bits per heavy atom. The monoisotopic (exact) mass is 391 g/mol. The summed E-state index contributed by atoms with van der Waals surface area (Å²) in [4.78, 5) is 2.59. The number of hydrogen-bond donors (Lipinski definition) is 0. The van der Waals surface area contributed by atoms with E-state index in [9.17, 15) is 8.42 Å². The van der Waals surface area contributed by atoms with Crippen molar-refractivity contribution < 1.29 is 13.2 Å². The van der Waals surface area contributed by atoms with E-state index in [-0.39, 0.29) is 11.4 Å². The fourth-order valence-electron chi connectivity index (χ4n) is 3.94. The van der Waals surface area contributed by atoms with E-state index in [1.807, 2.05) is 0 Å². The van der Waals surface area contributed by atoms with Crippen LogP contribution in [0, 0.1) is 0 Å². The third-order valence-electron chi connectivity index (χ3n) is 5.43. The molecule has 1 saturated heterocycles. The van der Waals surface area contributed by atoms with Crippen molar-refractivity contribution in [3.8, 4) is 5.75 Å². The number of fused-ring (bicyclic) bond motifs is 1. The predicted molar refractivity (Wildman–Crippen MR) is 100 cm³/mol. The van der Waals surface area contributed by atoms with Crippen molar-refractivity contribution in [1.29, 1.82) is 0 Å². The Morgan fingerprint density at radius 1 is 1.11 bits per heavy atom. The van der Waals surface area contributed by atoms with Gasteiger partial charge in [-0.15, -0.1) is 10.2 Å². The molecule has 27 heavy (non-hydrogen) atoms. The molecule has 146 valence electrons. The largest absolute Gasteiger partial charge is 0.497 e. The van der Waals surface area contributed by atoms with Crippen LogP contribution in [0.15, 0.2) is 29.2 Å². The van der Waals surface area contributed by atoms with E-state index < -0.39 is 10.0 Å². The number of rotatable bonds is 4. The summed E-state index contributed by atoms with van der Waals surface area (Å²) in [7, 11) is 0.120. The maximum Gasteiger partial charge on any atom is 0.243 e. The first kappa shape index (κ1) is 18.4. The molecule has 1 fully saturated rings. The summed E-state index contributed by atoms with van der Waals surface area (Å²) in [6.45, 7) is 3.36. The highest BCUT2D eigenvalue weighted by atomic mass is 32.2. The van der Waals surface area contributed by atoms with Gasteiger partial charge in [-0.3, -0.25) is 0 Å². The lowest BCUT2D eigenvalue weighted by atomic mass is 9.97. The zero-order valence-corrected chi connectivity index (χ0v) is 16.5. The second-order valence-electron chi connectivity index (χ2n) is 7.24. The highest BCUT2D eigenvalue weighted by Gasteiger charge is 2.33. The normalized spacial score (nSPS) is 21.8. The first-order valence-corrected chi connectivity index (χ1v) is 10.7. The zero-order valence-electron chi connectivity index (χ0n) is 15.7. The molecule has 0 aliphatic carbocycles. The molecule has 9 heteroatoms. The van der Waals surface area contributed by atoms with Gasteiger partial charge in [-0.2, -0.15) is 4.31 Å². The second-order valence-corrected chi connectivity index (χ2v) is 9.18. The molecule has 1 unspecified atom stereocenters. The van der Waals surface area contributed by atoms with E-state index in [2.05, 4.69) is 26.7 Å². The number of sulfonamides is 1. The first-order valence-electron chi connectivity index (χ1n) is 9.24. The molecule has 0 radical (unpaired) electrons. The number of benzene rings is 1. The lowest BCUT2D eigenvalue weighted by Gasteiger charge is -2.31. The number of likely N-dealkylation sites (tertiary alicyclic amines) is 1. The van der Waals surface area contributed by atoms with E-state index in [0.717, 1.165) is 37.6 Å². The first-order chi connectivity index (χ1) is 13.0. The van der Waals surface area contributed by atoms with Crippen molar-refractivity contribution in [2.24, 2.45) is 0 Å². The van der Waals surface area contributed by atoms with Gasteiger partial charge in [0.25, 0.3) is 0 Å². The minimum absolute atomic E-state index is 0.254. The summed E-state index contributed by atoms with van der Waals surface area (Å²) in [5.74, 6) is 2.73. The van der Waals surface area contributed by atoms with Gasteiger partial charge in [0.1, 0.15) is 17.4 Å². The summed E-state index contributed by atoms with van der Waals surface area (Å²) in [5, 5.41) is 8.73. The summed E-state index contributed by atoms with van der Waals surface area (Å²) in [5.41, 5.74) is 0. The number of ether oxygens (including phenoxy) is 1. The Labute approximate surface area is 159 Å². The van der Waals surface area contributed by atoms with E-state index in [1.165, 1.54) is 4.31 Å². The van der Waals surface area contributed by atoms with Gasteiger partial charge in [-0.25, -0.2) is 8.42 Å². The Bertz CT molecular complexity index is 910. The summed E-state index contributed by atoms with van der Waals surface area (Å²) >= 11 is 0. The maximum absolute atomic E-state index is 13.0. The fourth-order valence-corrected chi connectivity index (χ4v) is 5.32. The standard InChI is InChI=1S/C18H25N5O3S/c1-21-9-3-4-14(12-21)18-20-19-17-13-22(10-11-23(17)18)27(24,25)16-7-5-15(26-2)6-8-16/h5-8,14H,3-4,9-13H2,1-2H3. The lowest BCUT2D eigenvalue weighted by molar-refractivity contribution is 0.239. The molecule has 3 heterocycles. The van der Waals surface area contributed by atoms with E-state index >= 15 is 0 Å². The average Bonchev–Trinajstić information content (AvgIpc) is 3.11. The van der Waals surface area contributed by atoms with Gasteiger partial charge in [0.15, 0.2) is 0 Å². The summed E-state index contributed by atoms with van der Waals surface area (Å²) in [6, 6.07) is 6.49. The molecule has 8 nitrogen and oxygen atoms in total. The van der Waals surface area contributed by atoms with E-state index in [4.69, 9.17) is 4.74 Å². The Hall–Kier alpha value is -1.97. The molecule has 4 rings (SSSR count). The predicted octanol–water partition coefficient (Wildman–Crippen LogP) is 1.30. The molecular formula is C18H25N5O3S. The van der Waals surface area contributed by atoms with Crippen molar-refractivity contribution in [2.45, 2.75) is 36.7 Å². The molecule has 0 saturated carbocycles. The smallest absolute Gasteiger partial charge is 0.243 e. The number of likely N-dealkylation sites (N-methyl/N-ethyl adjacent to an activating group) is 1. The SMILES string of the molecule is COc1ccc(S(=O)(=O)N2CCn3c(nnc3C3CCCN(C)C3)C2)cc1. The molecule has 0 spiro atoms. The van der Waals surface area contributed by atoms with Crippen LogP contribution < -0.4 is 4.74 Å². The topological polar surface area (TPSA) is 80.6 Å². The Kier molecular flexibility index (Phi) is 4.92. The van der Waals surface area contributed by atoms with Crippen LogP contribution in [0.5, 0.6) is 5.75 Å². The minimum atomic E-state index is -3.57. The van der Waals surface area contributed by atoms with Crippen LogP contribution in [0.25, 0.3) is 0 Å². The molecule has 1 atom stereocenters. The van der Waals surface area contributed by atoms with Gasteiger partial charge in [0.05, 0.1) is 18.6 Å². The zero-order chi connectivity index (χ0) is 19.0. The third kappa shape index (κ3) is 3.46. The highest BCUT2D eigenvalue weighted by molar-refractivity contribution is 7.89. The van der Waals surface area contributed by atoms with Gasteiger partial charge in [0, 0.05) is 25.6 Å². The van der Waals surface area contributed by atoms with Crippen molar-refractivity contribution >= 4 is 10.0 Å². The van der Waals surface area contributed by atoms with E-state index in [0.29, 0.717) is 24.8 Å². The molecule has 0 bridgehead atoms. The number of hydrogen-bond acceptors (Lipinski definition) is 6. The van der Waals surface area contributed by atoms with Crippen LogP contribution in [-0.2, 0) is 23.1 Å². The quantitative estimate of drug-likeness (QED) is 0.782. The molecular weight excluding hydrogens is 366 g/mol. The van der Waals surface area contributed by atoms with Crippen molar-refractivity contribution in [1.82, 2.24) is 24.0 Å². The van der Waals surface area contributed by atoms with Crippen LogP contribution in [0.3, 0.4) is 0 Å². The number of nitrogens with zero attached hydrogens (tertiary/aromatic N) is 5. The van der Waals surface area contributed by atoms with Gasteiger partial charge < -0.3 is 14.2 Å². The summed E-state index contributed by atoms with van der Waals surface area (Å²) in [6.07, 6.45) is 2.26. The second kappa shape index (κ2) is 7.21. The fraction of sp³-hybridized carbons (Fsp3) is 0.556. The maximum atomic E-state index is 13.0. The Balaban J connectivity index is 1.54. The van der Waals surface area contributed by atoms with Gasteiger partial charge in [0.2, 0.25) is 10.0 Å². The van der Waals surface area contributed by atoms with Gasteiger partial charge in [-0.1, -0.05) is 0 Å². The van der Waals surface area contributed by atoms with Crippen LogP contribution in [0.4, 0.5) is 0 Å². The van der Waals surface area contributed by atoms with Gasteiger partial charge >= 0.3 is 0 Å². The van der Waals surface area contributed by atoms with Crippen molar-refractivity contribution in [3.63, 3.8) is 0 Å². The average molecular weight is 391 g/mol. The summed E-state index contributed by atoms with van der Waals surface area (Å²) < 4.78 is 34.6. The molecule has 1 aromatic carbocycles. The van der Waals surface area contributed by atoms with Crippen LogP contribution in [0.2, 0.25) is 0 Å². The number of piperidine rings is 1. The highest BCUT2D eigenvalue weighted by Crippen LogP contribution is 2.28. The third-order valence-corrected chi connectivity index (χ3v) is 7.29. The van der Waals surface area contributed by atoms with Gasteiger partial charge in [-0.05, 0) is 50.7 Å². The molecule has 2 aliphatic heterocycles. The molecule has 2 aromatic rings. The van der Waals surface area contributed by atoms with Crippen LogP contribution in [0.1, 0.15) is 30.4 Å². The Morgan fingerprint density at radius 2 is 1.89 bits per heavy atom. The molecule has 0 amide bonds.